The summed E-state index contributed by atoms with van der Waals surface area (Å²) in [5.74, 6) is 0.429. The van der Waals surface area contributed by atoms with Crippen LogP contribution in [0.1, 0.15) is 59.9 Å². The van der Waals surface area contributed by atoms with E-state index in [1.54, 1.807) is 0 Å². The highest BCUT2D eigenvalue weighted by Gasteiger charge is 2.23. The van der Waals surface area contributed by atoms with Gasteiger partial charge in [-0.2, -0.15) is 0 Å². The SMILES string of the molecule is CCc1nc(C(N)=O)c(Nc2cc(C)c(N3CCN(C)CC3)cc2C)nc1N[C@H]1CC[C@H](O)CC1. The van der Waals surface area contributed by atoms with E-state index >= 15 is 0 Å². The van der Waals surface area contributed by atoms with Crippen molar-refractivity contribution in [3.8, 4) is 0 Å². The van der Waals surface area contributed by atoms with Gasteiger partial charge in [-0.15, -0.1) is 0 Å². The Kier molecular flexibility index (Phi) is 7.76. The third-order valence-corrected chi connectivity index (χ3v) is 7.21. The number of nitrogens with two attached hydrogens (primary N) is 1. The Morgan fingerprint density at radius 2 is 1.74 bits per heavy atom. The molecule has 1 aliphatic heterocycles. The van der Waals surface area contributed by atoms with Crippen molar-refractivity contribution in [3.05, 3.63) is 34.6 Å². The molecule has 0 spiro atoms. The zero-order valence-electron chi connectivity index (χ0n) is 21.4. The van der Waals surface area contributed by atoms with Gasteiger partial charge < -0.3 is 31.3 Å². The highest BCUT2D eigenvalue weighted by molar-refractivity contribution is 5.96. The van der Waals surface area contributed by atoms with E-state index in [4.69, 9.17) is 10.7 Å². The van der Waals surface area contributed by atoms with Crippen LogP contribution in [0.25, 0.3) is 0 Å². The topological polar surface area (TPSA) is 120 Å². The lowest BCUT2D eigenvalue weighted by atomic mass is 9.93. The lowest BCUT2D eigenvalue weighted by Gasteiger charge is -2.35. The number of nitrogens with one attached hydrogen (secondary N) is 2. The minimum Gasteiger partial charge on any atom is -0.393 e. The quantitative estimate of drug-likeness (QED) is 0.477. The predicted molar refractivity (Wildman–Crippen MR) is 141 cm³/mol. The van der Waals surface area contributed by atoms with Gasteiger partial charge >= 0.3 is 0 Å². The van der Waals surface area contributed by atoms with E-state index in [1.165, 1.54) is 11.3 Å². The molecule has 1 aromatic heterocycles. The minimum atomic E-state index is -0.606. The number of aliphatic hydroxyl groups excluding tert-OH is 1. The van der Waals surface area contributed by atoms with E-state index in [1.807, 2.05) is 6.92 Å². The molecule has 5 N–H and O–H groups in total. The number of carbonyl (C=O) groups is 1. The van der Waals surface area contributed by atoms with Gasteiger partial charge in [-0.25, -0.2) is 9.97 Å². The molecule has 1 saturated heterocycles. The number of hydrogen-bond acceptors (Lipinski definition) is 8. The average molecular weight is 482 g/mol. The lowest BCUT2D eigenvalue weighted by Crippen LogP contribution is -2.44. The number of nitrogens with zero attached hydrogens (tertiary/aromatic N) is 4. The van der Waals surface area contributed by atoms with Crippen molar-refractivity contribution in [2.45, 2.75) is 65.0 Å². The Balaban J connectivity index is 1.62. The van der Waals surface area contributed by atoms with Crippen LogP contribution in [0, 0.1) is 13.8 Å². The number of carbonyl (C=O) groups excluding carboxylic acids is 1. The first-order valence-corrected chi connectivity index (χ1v) is 12.7. The molecule has 9 heteroatoms. The predicted octanol–water partition coefficient (Wildman–Crippen LogP) is 2.97. The van der Waals surface area contributed by atoms with Crippen LogP contribution in [0.15, 0.2) is 12.1 Å². The summed E-state index contributed by atoms with van der Waals surface area (Å²) in [6.07, 6.45) is 3.70. The first-order chi connectivity index (χ1) is 16.7. The van der Waals surface area contributed by atoms with Crippen LogP contribution < -0.4 is 21.3 Å². The van der Waals surface area contributed by atoms with Gasteiger partial charge in [-0.05, 0) is 76.3 Å². The maximum atomic E-state index is 12.3. The van der Waals surface area contributed by atoms with Crippen LogP contribution in [0.2, 0.25) is 0 Å². The molecule has 9 nitrogen and oxygen atoms in total. The van der Waals surface area contributed by atoms with Crippen molar-refractivity contribution in [1.29, 1.82) is 0 Å². The standard InChI is InChI=1S/C26H39N7O2/c1-5-20-25(28-18-6-8-19(34)9-7-18)31-26(23(29-20)24(27)35)30-21-14-17(3)22(15-16(21)2)33-12-10-32(4)11-13-33/h14-15,18-19,34H,5-13H2,1-4H3,(H2,27,35)(H2,28,30,31)/t18-,19-. The Labute approximate surface area is 208 Å². The molecule has 2 aliphatic rings. The summed E-state index contributed by atoms with van der Waals surface area (Å²) < 4.78 is 0. The number of aliphatic hydroxyl groups is 1. The molecular weight excluding hydrogens is 442 g/mol. The number of piperazine rings is 1. The van der Waals surface area contributed by atoms with Crippen LogP contribution in [0.4, 0.5) is 23.0 Å². The van der Waals surface area contributed by atoms with E-state index in [9.17, 15) is 9.90 Å². The van der Waals surface area contributed by atoms with E-state index in [-0.39, 0.29) is 17.8 Å². The van der Waals surface area contributed by atoms with Crippen molar-refractivity contribution in [1.82, 2.24) is 14.9 Å². The summed E-state index contributed by atoms with van der Waals surface area (Å²) in [7, 11) is 2.16. The number of hydrogen-bond donors (Lipinski definition) is 4. The molecule has 2 aromatic rings. The summed E-state index contributed by atoms with van der Waals surface area (Å²) in [5.41, 5.74) is 10.9. The van der Waals surface area contributed by atoms with Crippen LogP contribution in [0.5, 0.6) is 0 Å². The molecule has 2 heterocycles. The summed E-state index contributed by atoms with van der Waals surface area (Å²) >= 11 is 0. The van der Waals surface area contributed by atoms with Gasteiger partial charge in [-0.1, -0.05) is 6.92 Å². The number of aryl methyl sites for hydroxylation is 3. The Morgan fingerprint density at radius 1 is 1.06 bits per heavy atom. The number of primary amides is 1. The second-order valence-electron chi connectivity index (χ2n) is 9.95. The van der Waals surface area contributed by atoms with Gasteiger partial charge in [0, 0.05) is 43.6 Å². The number of aromatic nitrogens is 2. The first kappa shape index (κ1) is 25.2. The van der Waals surface area contributed by atoms with Crippen molar-refractivity contribution in [2.24, 2.45) is 5.73 Å². The van der Waals surface area contributed by atoms with E-state index in [0.717, 1.165) is 63.1 Å². The monoisotopic (exact) mass is 481 g/mol. The smallest absolute Gasteiger partial charge is 0.271 e. The summed E-state index contributed by atoms with van der Waals surface area (Å²) in [6.45, 7) is 10.3. The van der Waals surface area contributed by atoms with Gasteiger partial charge in [-0.3, -0.25) is 4.79 Å². The largest absolute Gasteiger partial charge is 0.393 e. The maximum absolute atomic E-state index is 12.3. The Bertz CT molecular complexity index is 1060. The fraction of sp³-hybridized carbons (Fsp3) is 0.577. The number of amides is 1. The number of rotatable bonds is 7. The first-order valence-electron chi connectivity index (χ1n) is 12.7. The number of likely N-dealkylation sites (N-methyl/N-ethyl adjacent to an activating group) is 1. The molecule has 0 unspecified atom stereocenters. The Morgan fingerprint density at radius 3 is 2.37 bits per heavy atom. The molecule has 0 atom stereocenters. The average Bonchev–Trinajstić information content (AvgIpc) is 2.83. The molecule has 1 aliphatic carbocycles. The maximum Gasteiger partial charge on any atom is 0.271 e. The molecule has 0 radical (unpaired) electrons. The molecule has 2 fully saturated rings. The molecule has 190 valence electrons. The van der Waals surface area contributed by atoms with Crippen LogP contribution in [-0.2, 0) is 6.42 Å². The fourth-order valence-corrected chi connectivity index (χ4v) is 4.96. The van der Waals surface area contributed by atoms with Crippen molar-refractivity contribution in [3.63, 3.8) is 0 Å². The van der Waals surface area contributed by atoms with E-state index in [0.29, 0.717) is 23.8 Å². The van der Waals surface area contributed by atoms with Crippen LogP contribution >= 0.6 is 0 Å². The van der Waals surface area contributed by atoms with Gasteiger partial charge in [0.15, 0.2) is 11.5 Å². The van der Waals surface area contributed by atoms with Gasteiger partial charge in [0.1, 0.15) is 5.82 Å². The minimum absolute atomic E-state index is 0.145. The van der Waals surface area contributed by atoms with Crippen molar-refractivity contribution >= 4 is 28.9 Å². The van der Waals surface area contributed by atoms with E-state index < -0.39 is 5.91 Å². The normalized spacial score (nSPS) is 21.1. The molecule has 1 amide bonds. The third kappa shape index (κ3) is 5.85. The molecule has 35 heavy (non-hydrogen) atoms. The van der Waals surface area contributed by atoms with Crippen LogP contribution in [-0.4, -0.2) is 71.3 Å². The molecule has 1 saturated carbocycles. The molecule has 4 rings (SSSR count). The van der Waals surface area contributed by atoms with Crippen molar-refractivity contribution < 1.29 is 9.90 Å². The zero-order chi connectivity index (χ0) is 25.1. The third-order valence-electron chi connectivity index (χ3n) is 7.21. The van der Waals surface area contributed by atoms with Gasteiger partial charge in [0.05, 0.1) is 11.8 Å². The molecule has 1 aromatic carbocycles. The van der Waals surface area contributed by atoms with Crippen molar-refractivity contribution in [2.75, 3.05) is 48.8 Å². The number of anilines is 4. The fourth-order valence-electron chi connectivity index (χ4n) is 4.96. The summed E-state index contributed by atoms with van der Waals surface area (Å²) in [5, 5.41) is 16.7. The second kappa shape index (κ2) is 10.8. The van der Waals surface area contributed by atoms with Crippen LogP contribution in [0.3, 0.4) is 0 Å². The lowest BCUT2D eigenvalue weighted by molar-refractivity contribution is 0.0996. The summed E-state index contributed by atoms with van der Waals surface area (Å²) in [6, 6.07) is 4.53. The van der Waals surface area contributed by atoms with E-state index in [2.05, 4.69) is 58.4 Å². The molecule has 0 bridgehead atoms. The highest BCUT2D eigenvalue weighted by Crippen LogP contribution is 2.31. The number of benzene rings is 1. The second-order valence-corrected chi connectivity index (χ2v) is 9.95. The van der Waals surface area contributed by atoms with Gasteiger partial charge in [0.25, 0.3) is 5.91 Å². The van der Waals surface area contributed by atoms with Gasteiger partial charge in [0.2, 0.25) is 0 Å². The molecular formula is C26H39N7O2. The summed E-state index contributed by atoms with van der Waals surface area (Å²) in [4.78, 5) is 26.4. The highest BCUT2D eigenvalue weighted by atomic mass is 16.3. The Hall–Kier alpha value is -2.91. The zero-order valence-corrected chi connectivity index (χ0v) is 21.4.